The lowest BCUT2D eigenvalue weighted by Crippen LogP contribution is -2.39. The lowest BCUT2D eigenvalue weighted by Gasteiger charge is -2.30. The van der Waals surface area contributed by atoms with Gasteiger partial charge in [0.05, 0.1) is 12.9 Å². The van der Waals surface area contributed by atoms with E-state index in [1.807, 2.05) is 12.1 Å². The first-order valence-electron chi connectivity index (χ1n) is 8.14. The molecule has 1 saturated carbocycles. The highest BCUT2D eigenvalue weighted by atomic mass is 32.2. The summed E-state index contributed by atoms with van der Waals surface area (Å²) in [5.74, 6) is 1.78. The fourth-order valence-corrected chi connectivity index (χ4v) is 3.97. The molecular formula is C17H23NO4S. The van der Waals surface area contributed by atoms with E-state index in [1.54, 1.807) is 6.07 Å². The molecule has 1 aliphatic carbocycles. The fraction of sp³-hybridized carbons (Fsp3) is 0.588. The zero-order chi connectivity index (χ0) is 16.4. The molecule has 0 atom stereocenters. The monoisotopic (exact) mass is 337 g/mol. The summed E-state index contributed by atoms with van der Waals surface area (Å²) in [4.78, 5) is 10.9. The van der Waals surface area contributed by atoms with Gasteiger partial charge < -0.3 is 4.74 Å². The van der Waals surface area contributed by atoms with Gasteiger partial charge in [0.1, 0.15) is 12.0 Å². The van der Waals surface area contributed by atoms with Crippen molar-refractivity contribution in [2.45, 2.75) is 31.6 Å². The second-order valence-corrected chi connectivity index (χ2v) is 8.59. The van der Waals surface area contributed by atoms with Crippen molar-refractivity contribution >= 4 is 16.3 Å². The first-order chi connectivity index (χ1) is 11.0. The normalized spacial score (nSPS) is 20.4. The van der Waals surface area contributed by atoms with E-state index < -0.39 is 10.0 Å². The number of ether oxygens (including phenoxy) is 1. The average molecular weight is 337 g/mol. The van der Waals surface area contributed by atoms with Gasteiger partial charge in [-0.1, -0.05) is 0 Å². The molecule has 1 heterocycles. The Labute approximate surface area is 137 Å². The molecule has 6 heteroatoms. The molecule has 3 rings (SSSR count). The largest absolute Gasteiger partial charge is 0.493 e. The molecule has 1 aromatic carbocycles. The number of piperidine rings is 1. The van der Waals surface area contributed by atoms with Gasteiger partial charge >= 0.3 is 0 Å². The van der Waals surface area contributed by atoms with E-state index in [0.29, 0.717) is 37.1 Å². The van der Waals surface area contributed by atoms with Crippen LogP contribution in [0.15, 0.2) is 18.2 Å². The Kier molecular flexibility index (Phi) is 4.73. The summed E-state index contributed by atoms with van der Waals surface area (Å²) in [6, 6.07) is 5.62. The van der Waals surface area contributed by atoms with Crippen LogP contribution in [-0.2, 0) is 10.0 Å². The Morgan fingerprint density at radius 2 is 1.91 bits per heavy atom. The quantitative estimate of drug-likeness (QED) is 0.748. The Hall–Kier alpha value is -1.40. The van der Waals surface area contributed by atoms with E-state index in [2.05, 4.69) is 0 Å². The zero-order valence-electron chi connectivity index (χ0n) is 13.4. The summed E-state index contributed by atoms with van der Waals surface area (Å²) in [6.45, 7) is 1.76. The third-order valence-electron chi connectivity index (χ3n) is 4.70. The molecule has 1 aromatic rings. The summed E-state index contributed by atoms with van der Waals surface area (Å²) in [6.07, 6.45) is 6.12. The molecule has 2 aliphatic rings. The maximum atomic E-state index is 11.5. The fourth-order valence-electron chi connectivity index (χ4n) is 3.10. The first-order valence-corrected chi connectivity index (χ1v) is 9.99. The van der Waals surface area contributed by atoms with Gasteiger partial charge in [-0.25, -0.2) is 12.7 Å². The van der Waals surface area contributed by atoms with Crippen LogP contribution >= 0.6 is 0 Å². The number of carbonyl (C=O) groups is 1. The summed E-state index contributed by atoms with van der Waals surface area (Å²) < 4.78 is 30.6. The number of hydrogen-bond acceptors (Lipinski definition) is 4. The van der Waals surface area contributed by atoms with Crippen molar-refractivity contribution in [1.82, 2.24) is 4.31 Å². The smallest absolute Gasteiger partial charge is 0.211 e. The van der Waals surface area contributed by atoms with Crippen LogP contribution in [0.2, 0.25) is 0 Å². The molecule has 0 unspecified atom stereocenters. The Morgan fingerprint density at radius 1 is 1.22 bits per heavy atom. The van der Waals surface area contributed by atoms with Crippen molar-refractivity contribution in [2.24, 2.45) is 5.92 Å². The van der Waals surface area contributed by atoms with Gasteiger partial charge in [-0.05, 0) is 61.3 Å². The molecule has 23 heavy (non-hydrogen) atoms. The minimum atomic E-state index is -3.07. The van der Waals surface area contributed by atoms with Crippen LogP contribution in [0.5, 0.6) is 5.75 Å². The molecule has 5 nitrogen and oxygen atoms in total. The minimum Gasteiger partial charge on any atom is -0.493 e. The molecule has 0 N–H and O–H groups in total. The maximum absolute atomic E-state index is 11.5. The van der Waals surface area contributed by atoms with Gasteiger partial charge in [0.2, 0.25) is 10.0 Å². The molecule has 0 spiro atoms. The molecule has 2 fully saturated rings. The predicted octanol–water partition coefficient (Wildman–Crippen LogP) is 2.43. The third kappa shape index (κ3) is 4.12. The second kappa shape index (κ2) is 6.61. The number of sulfonamides is 1. The highest BCUT2D eigenvalue weighted by molar-refractivity contribution is 7.88. The van der Waals surface area contributed by atoms with Gasteiger partial charge in [-0.3, -0.25) is 4.79 Å². The Bertz CT molecular complexity index is 674. The molecular weight excluding hydrogens is 314 g/mol. The van der Waals surface area contributed by atoms with E-state index in [1.165, 1.54) is 10.6 Å². The van der Waals surface area contributed by atoms with E-state index in [4.69, 9.17) is 4.74 Å². The predicted molar refractivity (Wildman–Crippen MR) is 88.4 cm³/mol. The highest BCUT2D eigenvalue weighted by Crippen LogP contribution is 2.44. The van der Waals surface area contributed by atoms with Crippen LogP contribution in [0.25, 0.3) is 0 Å². The molecule has 0 radical (unpaired) electrons. The van der Waals surface area contributed by atoms with Gasteiger partial charge in [-0.2, -0.15) is 0 Å². The van der Waals surface area contributed by atoms with Crippen molar-refractivity contribution in [3.05, 3.63) is 29.3 Å². The van der Waals surface area contributed by atoms with Crippen molar-refractivity contribution in [3.8, 4) is 5.75 Å². The number of rotatable bonds is 6. The lowest BCUT2D eigenvalue weighted by atomic mass is 9.99. The zero-order valence-corrected chi connectivity index (χ0v) is 14.2. The van der Waals surface area contributed by atoms with Crippen molar-refractivity contribution < 1.29 is 17.9 Å². The van der Waals surface area contributed by atoms with Crippen molar-refractivity contribution in [1.29, 1.82) is 0 Å². The van der Waals surface area contributed by atoms with Gasteiger partial charge in [0, 0.05) is 18.7 Å². The molecule has 0 amide bonds. The number of carbonyl (C=O) groups excluding carboxylic acids is 1. The third-order valence-corrected chi connectivity index (χ3v) is 6.01. The van der Waals surface area contributed by atoms with Crippen LogP contribution in [-0.4, -0.2) is 45.0 Å². The highest BCUT2D eigenvalue weighted by Gasteiger charge is 2.28. The van der Waals surface area contributed by atoms with Crippen molar-refractivity contribution in [2.75, 3.05) is 26.0 Å². The summed E-state index contributed by atoms with van der Waals surface area (Å²) >= 11 is 0. The standard InChI is InChI=1S/C17H23NO4S/c1-23(20,21)18-8-6-13(7-9-18)12-22-17-5-2-14(11-19)10-16(17)15-3-4-15/h2,5,10-11,13,15H,3-4,6-9,12H2,1H3. The van der Waals surface area contributed by atoms with E-state index in [9.17, 15) is 13.2 Å². The number of aldehydes is 1. The van der Waals surface area contributed by atoms with E-state index in [-0.39, 0.29) is 0 Å². The van der Waals surface area contributed by atoms with Crippen LogP contribution < -0.4 is 4.74 Å². The summed E-state index contributed by atoms with van der Waals surface area (Å²) in [5, 5.41) is 0. The van der Waals surface area contributed by atoms with E-state index in [0.717, 1.165) is 43.3 Å². The van der Waals surface area contributed by atoms with Crippen LogP contribution in [0.4, 0.5) is 0 Å². The SMILES string of the molecule is CS(=O)(=O)N1CCC(COc2ccc(C=O)cc2C2CC2)CC1. The number of benzene rings is 1. The summed E-state index contributed by atoms with van der Waals surface area (Å²) in [7, 11) is -3.07. The second-order valence-electron chi connectivity index (χ2n) is 6.61. The lowest BCUT2D eigenvalue weighted by molar-refractivity contribution is 0.112. The Morgan fingerprint density at radius 3 is 2.48 bits per heavy atom. The molecule has 126 valence electrons. The first kappa shape index (κ1) is 16.5. The molecule has 1 aliphatic heterocycles. The van der Waals surface area contributed by atoms with Crippen molar-refractivity contribution in [3.63, 3.8) is 0 Å². The average Bonchev–Trinajstić information content (AvgIpc) is 3.37. The molecule has 0 aromatic heterocycles. The summed E-state index contributed by atoms with van der Waals surface area (Å²) in [5.41, 5.74) is 1.84. The van der Waals surface area contributed by atoms with Gasteiger partial charge in [0.25, 0.3) is 0 Å². The Balaban J connectivity index is 1.58. The number of hydrogen-bond donors (Lipinski definition) is 0. The van der Waals surface area contributed by atoms with Crippen LogP contribution in [0, 0.1) is 5.92 Å². The van der Waals surface area contributed by atoms with Gasteiger partial charge in [0.15, 0.2) is 0 Å². The van der Waals surface area contributed by atoms with Crippen LogP contribution in [0.1, 0.15) is 47.5 Å². The van der Waals surface area contributed by atoms with E-state index >= 15 is 0 Å². The molecule has 0 bridgehead atoms. The molecule has 1 saturated heterocycles. The minimum absolute atomic E-state index is 0.380. The number of nitrogens with zero attached hydrogens (tertiary/aromatic N) is 1. The maximum Gasteiger partial charge on any atom is 0.211 e. The topological polar surface area (TPSA) is 63.7 Å². The van der Waals surface area contributed by atoms with Gasteiger partial charge in [-0.15, -0.1) is 0 Å². The van der Waals surface area contributed by atoms with Crippen LogP contribution in [0.3, 0.4) is 0 Å².